The van der Waals surface area contributed by atoms with E-state index in [0.29, 0.717) is 16.8 Å². The molecule has 0 fully saturated rings. The summed E-state index contributed by atoms with van der Waals surface area (Å²) in [7, 11) is -2.37. The monoisotopic (exact) mass is 347 g/mol. The molecule has 0 aliphatic carbocycles. The van der Waals surface area contributed by atoms with Crippen molar-refractivity contribution in [2.75, 3.05) is 11.8 Å². The van der Waals surface area contributed by atoms with E-state index in [0.717, 1.165) is 18.4 Å². The molecule has 0 saturated heterocycles. The predicted octanol–water partition coefficient (Wildman–Crippen LogP) is 3.53. The number of carbonyl (C=O) groups is 1. The number of anilines is 1. The quantitative estimate of drug-likeness (QED) is 0.811. The highest BCUT2D eigenvalue weighted by molar-refractivity contribution is 7.92. The molecule has 0 saturated carbocycles. The van der Waals surface area contributed by atoms with Gasteiger partial charge in [-0.25, -0.2) is 13.2 Å². The Labute approximate surface area is 142 Å². The van der Waals surface area contributed by atoms with Gasteiger partial charge in [-0.1, -0.05) is 25.5 Å². The van der Waals surface area contributed by atoms with Crippen LogP contribution in [0.4, 0.5) is 5.69 Å². The molecule has 2 rings (SSSR count). The van der Waals surface area contributed by atoms with Crippen LogP contribution in [-0.2, 0) is 21.2 Å². The topological polar surface area (TPSA) is 72.5 Å². The molecule has 0 atom stereocenters. The van der Waals surface area contributed by atoms with Crippen molar-refractivity contribution in [3.63, 3.8) is 0 Å². The van der Waals surface area contributed by atoms with E-state index >= 15 is 0 Å². The number of methoxy groups -OCH3 is 1. The zero-order valence-corrected chi connectivity index (χ0v) is 14.8. The van der Waals surface area contributed by atoms with Crippen LogP contribution in [0.5, 0.6) is 0 Å². The van der Waals surface area contributed by atoms with Gasteiger partial charge in [-0.3, -0.25) is 4.72 Å². The number of ether oxygens (including phenoxy) is 1. The Balaban J connectivity index is 2.24. The molecule has 0 bridgehead atoms. The van der Waals surface area contributed by atoms with E-state index < -0.39 is 16.0 Å². The third-order valence-electron chi connectivity index (χ3n) is 3.66. The smallest absolute Gasteiger partial charge is 0.337 e. The SMILES string of the molecule is CCCc1ccc(S(=O)(=O)Nc2ccc(C(=O)OC)cc2C)cc1. The lowest BCUT2D eigenvalue weighted by molar-refractivity contribution is 0.0600. The zero-order chi connectivity index (χ0) is 17.7. The van der Waals surface area contributed by atoms with Crippen LogP contribution >= 0.6 is 0 Å². The summed E-state index contributed by atoms with van der Waals surface area (Å²) in [6.45, 7) is 3.81. The summed E-state index contributed by atoms with van der Waals surface area (Å²) >= 11 is 0. The van der Waals surface area contributed by atoms with Crippen LogP contribution in [0.2, 0.25) is 0 Å². The highest BCUT2D eigenvalue weighted by Gasteiger charge is 2.16. The highest BCUT2D eigenvalue weighted by atomic mass is 32.2. The number of benzene rings is 2. The van der Waals surface area contributed by atoms with Crippen LogP contribution in [0.25, 0.3) is 0 Å². The summed E-state index contributed by atoms with van der Waals surface area (Å²) in [5.74, 6) is -0.459. The first-order valence-electron chi connectivity index (χ1n) is 7.68. The molecule has 2 aromatic rings. The first-order valence-corrected chi connectivity index (χ1v) is 9.16. The Bertz CT molecular complexity index is 827. The predicted molar refractivity (Wildman–Crippen MR) is 93.8 cm³/mol. The van der Waals surface area contributed by atoms with Crippen molar-refractivity contribution in [1.82, 2.24) is 0 Å². The number of carbonyl (C=O) groups excluding carboxylic acids is 1. The molecule has 0 heterocycles. The molecule has 0 aromatic heterocycles. The van der Waals surface area contributed by atoms with Crippen molar-refractivity contribution in [1.29, 1.82) is 0 Å². The zero-order valence-electron chi connectivity index (χ0n) is 14.0. The van der Waals surface area contributed by atoms with E-state index in [4.69, 9.17) is 0 Å². The minimum Gasteiger partial charge on any atom is -0.465 e. The molecular formula is C18H21NO4S. The van der Waals surface area contributed by atoms with E-state index in [1.807, 2.05) is 12.1 Å². The molecule has 0 unspecified atom stereocenters. The normalized spacial score (nSPS) is 11.1. The van der Waals surface area contributed by atoms with Crippen LogP contribution in [-0.4, -0.2) is 21.5 Å². The highest BCUT2D eigenvalue weighted by Crippen LogP contribution is 2.21. The largest absolute Gasteiger partial charge is 0.465 e. The molecular weight excluding hydrogens is 326 g/mol. The summed E-state index contributed by atoms with van der Waals surface area (Å²) in [6, 6.07) is 11.5. The van der Waals surface area contributed by atoms with E-state index in [1.165, 1.54) is 13.2 Å². The Hall–Kier alpha value is -2.34. The van der Waals surface area contributed by atoms with E-state index in [9.17, 15) is 13.2 Å². The van der Waals surface area contributed by atoms with Gasteiger partial charge in [0.15, 0.2) is 0 Å². The molecule has 6 heteroatoms. The fraction of sp³-hybridized carbons (Fsp3) is 0.278. The third kappa shape index (κ3) is 4.14. The molecule has 0 aliphatic rings. The molecule has 0 spiro atoms. The van der Waals surface area contributed by atoms with E-state index in [1.54, 1.807) is 31.2 Å². The summed E-state index contributed by atoms with van der Waals surface area (Å²) < 4.78 is 32.2. The van der Waals surface area contributed by atoms with Crippen molar-refractivity contribution < 1.29 is 17.9 Å². The van der Waals surface area contributed by atoms with Gasteiger partial charge in [0.2, 0.25) is 0 Å². The molecule has 0 amide bonds. The summed E-state index contributed by atoms with van der Waals surface area (Å²) in [4.78, 5) is 11.7. The second-order valence-electron chi connectivity index (χ2n) is 5.52. The number of nitrogens with one attached hydrogen (secondary N) is 1. The van der Waals surface area contributed by atoms with Crippen molar-refractivity contribution >= 4 is 21.7 Å². The van der Waals surface area contributed by atoms with Gasteiger partial charge in [0.05, 0.1) is 23.3 Å². The first-order chi connectivity index (χ1) is 11.4. The van der Waals surface area contributed by atoms with Gasteiger partial charge in [0.1, 0.15) is 0 Å². The molecule has 1 N–H and O–H groups in total. The minimum atomic E-state index is -3.67. The summed E-state index contributed by atoms with van der Waals surface area (Å²) in [6.07, 6.45) is 1.93. The van der Waals surface area contributed by atoms with Gasteiger partial charge in [-0.15, -0.1) is 0 Å². The van der Waals surface area contributed by atoms with Crippen molar-refractivity contribution in [2.45, 2.75) is 31.6 Å². The molecule has 2 aromatic carbocycles. The van der Waals surface area contributed by atoms with Crippen LogP contribution in [0.1, 0.15) is 34.8 Å². The number of hydrogen-bond donors (Lipinski definition) is 1. The number of esters is 1. The Morgan fingerprint density at radius 3 is 2.33 bits per heavy atom. The Morgan fingerprint density at radius 2 is 1.79 bits per heavy atom. The molecule has 5 nitrogen and oxygen atoms in total. The fourth-order valence-corrected chi connectivity index (χ4v) is 3.48. The lowest BCUT2D eigenvalue weighted by Crippen LogP contribution is -2.14. The van der Waals surface area contributed by atoms with Crippen LogP contribution in [0, 0.1) is 6.92 Å². The standard InChI is InChI=1S/C18H21NO4S/c1-4-5-14-6-9-16(10-7-14)24(21,22)19-17-11-8-15(12-13(17)2)18(20)23-3/h6-12,19H,4-5H2,1-3H3. The molecule has 0 aliphatic heterocycles. The van der Waals surface area contributed by atoms with Gasteiger partial charge in [0, 0.05) is 0 Å². The van der Waals surface area contributed by atoms with Crippen molar-refractivity contribution in [2.24, 2.45) is 0 Å². The van der Waals surface area contributed by atoms with Gasteiger partial charge in [0.25, 0.3) is 10.0 Å². The average molecular weight is 347 g/mol. The Morgan fingerprint density at radius 1 is 1.12 bits per heavy atom. The maximum Gasteiger partial charge on any atom is 0.337 e. The van der Waals surface area contributed by atoms with Gasteiger partial charge in [-0.05, 0) is 54.8 Å². The second kappa shape index (κ2) is 7.49. The Kier molecular flexibility index (Phi) is 5.62. The second-order valence-corrected chi connectivity index (χ2v) is 7.20. The molecule has 0 radical (unpaired) electrons. The number of sulfonamides is 1. The maximum atomic E-state index is 12.5. The third-order valence-corrected chi connectivity index (χ3v) is 5.05. The van der Waals surface area contributed by atoms with Gasteiger partial charge in [-0.2, -0.15) is 0 Å². The number of hydrogen-bond acceptors (Lipinski definition) is 4. The lowest BCUT2D eigenvalue weighted by atomic mass is 10.1. The molecule has 24 heavy (non-hydrogen) atoms. The van der Waals surface area contributed by atoms with Gasteiger partial charge < -0.3 is 4.74 Å². The average Bonchev–Trinajstić information content (AvgIpc) is 2.56. The minimum absolute atomic E-state index is 0.207. The van der Waals surface area contributed by atoms with Crippen LogP contribution in [0.15, 0.2) is 47.4 Å². The van der Waals surface area contributed by atoms with Gasteiger partial charge >= 0.3 is 5.97 Å². The maximum absolute atomic E-state index is 12.5. The number of aryl methyl sites for hydroxylation is 2. The summed E-state index contributed by atoms with van der Waals surface area (Å²) in [5.41, 5.74) is 2.56. The number of rotatable bonds is 6. The van der Waals surface area contributed by atoms with Crippen molar-refractivity contribution in [3.8, 4) is 0 Å². The fourth-order valence-electron chi connectivity index (χ4n) is 2.35. The van der Waals surface area contributed by atoms with Crippen LogP contribution < -0.4 is 4.72 Å². The van der Waals surface area contributed by atoms with Crippen molar-refractivity contribution in [3.05, 3.63) is 59.2 Å². The molecule has 128 valence electrons. The van der Waals surface area contributed by atoms with Crippen LogP contribution in [0.3, 0.4) is 0 Å². The van der Waals surface area contributed by atoms with E-state index in [2.05, 4.69) is 16.4 Å². The summed E-state index contributed by atoms with van der Waals surface area (Å²) in [5, 5.41) is 0. The lowest BCUT2D eigenvalue weighted by Gasteiger charge is -2.12. The first kappa shape index (κ1) is 18.0. The van der Waals surface area contributed by atoms with E-state index in [-0.39, 0.29) is 4.90 Å².